The second-order valence-electron chi connectivity index (χ2n) is 5.57. The summed E-state index contributed by atoms with van der Waals surface area (Å²) in [5, 5.41) is 9.20. The number of hydrogen-bond donors (Lipinski definition) is 1. The average molecular weight is 319 g/mol. The van der Waals surface area contributed by atoms with Crippen LogP contribution in [-0.2, 0) is 4.79 Å². The fourth-order valence-corrected chi connectivity index (χ4v) is 3.69. The third kappa shape index (κ3) is 3.36. The van der Waals surface area contributed by atoms with E-state index < -0.39 is 0 Å². The van der Waals surface area contributed by atoms with Crippen molar-refractivity contribution in [3.05, 3.63) is 35.0 Å². The lowest BCUT2D eigenvalue weighted by Crippen LogP contribution is -2.39. The minimum Gasteiger partial charge on any atom is -0.352 e. The number of amides is 1. The highest BCUT2D eigenvalue weighted by Gasteiger charge is 2.25. The zero-order valence-corrected chi connectivity index (χ0v) is 13.5. The highest BCUT2D eigenvalue weighted by Crippen LogP contribution is 2.27. The Labute approximate surface area is 134 Å². The van der Waals surface area contributed by atoms with Crippen molar-refractivity contribution in [3.8, 4) is 0 Å². The van der Waals surface area contributed by atoms with Gasteiger partial charge in [0.15, 0.2) is 0 Å². The van der Waals surface area contributed by atoms with Gasteiger partial charge in [-0.05, 0) is 44.3 Å². The van der Waals surface area contributed by atoms with Gasteiger partial charge in [0.25, 0.3) is 0 Å². The minimum atomic E-state index is -0.343. The maximum absolute atomic E-state index is 12.3. The van der Waals surface area contributed by atoms with Crippen LogP contribution >= 0.6 is 11.3 Å². The first kappa shape index (κ1) is 15.2. The van der Waals surface area contributed by atoms with Crippen LogP contribution in [0.4, 0.5) is 0 Å². The molecule has 0 aromatic carbocycles. The average Bonchev–Trinajstić information content (AvgIpc) is 3.27. The van der Waals surface area contributed by atoms with Gasteiger partial charge in [-0.3, -0.25) is 9.69 Å². The van der Waals surface area contributed by atoms with E-state index in [-0.39, 0.29) is 18.0 Å². The maximum Gasteiger partial charge on any atom is 0.244 e. The van der Waals surface area contributed by atoms with Crippen molar-refractivity contribution in [2.75, 3.05) is 19.6 Å². The molecule has 2 atom stereocenters. The molecule has 7 heteroatoms. The van der Waals surface area contributed by atoms with Crippen LogP contribution in [-0.4, -0.2) is 45.2 Å². The highest BCUT2D eigenvalue weighted by molar-refractivity contribution is 7.10. The molecule has 0 aliphatic carbocycles. The quantitative estimate of drug-likeness (QED) is 0.883. The topological polar surface area (TPSA) is 63.1 Å². The van der Waals surface area contributed by atoms with E-state index in [4.69, 9.17) is 0 Å². The van der Waals surface area contributed by atoms with E-state index in [2.05, 4.69) is 37.8 Å². The third-order valence-electron chi connectivity index (χ3n) is 4.14. The first-order valence-electron chi connectivity index (χ1n) is 7.65. The van der Waals surface area contributed by atoms with Gasteiger partial charge in [-0.15, -0.1) is 11.3 Å². The van der Waals surface area contributed by atoms with Crippen molar-refractivity contribution >= 4 is 17.2 Å². The Morgan fingerprint density at radius 2 is 2.27 bits per heavy atom. The normalized spacial score (nSPS) is 18.2. The van der Waals surface area contributed by atoms with E-state index in [0.717, 1.165) is 13.1 Å². The number of carbonyl (C=O) groups is 1. The molecule has 6 nitrogen and oxygen atoms in total. The molecule has 0 spiro atoms. The van der Waals surface area contributed by atoms with Crippen LogP contribution in [0.15, 0.2) is 30.2 Å². The molecule has 22 heavy (non-hydrogen) atoms. The Balaban J connectivity index is 1.62. The van der Waals surface area contributed by atoms with Gasteiger partial charge in [0.05, 0.1) is 6.04 Å². The number of carbonyl (C=O) groups excluding carboxylic acids is 1. The largest absolute Gasteiger partial charge is 0.352 e. The number of hydrogen-bond acceptors (Lipinski definition) is 5. The summed E-state index contributed by atoms with van der Waals surface area (Å²) in [6, 6.07) is 4.16. The number of aromatic nitrogens is 3. The number of rotatable bonds is 6. The molecule has 118 valence electrons. The maximum atomic E-state index is 12.3. The lowest BCUT2D eigenvalue weighted by atomic mass is 10.2. The molecule has 0 radical (unpaired) electrons. The Morgan fingerprint density at radius 1 is 1.45 bits per heavy atom. The van der Waals surface area contributed by atoms with Crippen LogP contribution in [0.25, 0.3) is 0 Å². The summed E-state index contributed by atoms with van der Waals surface area (Å²) in [7, 11) is 0. The molecule has 0 unspecified atom stereocenters. The van der Waals surface area contributed by atoms with E-state index in [1.165, 1.54) is 24.0 Å². The Kier molecular flexibility index (Phi) is 4.84. The smallest absolute Gasteiger partial charge is 0.244 e. The van der Waals surface area contributed by atoms with Gasteiger partial charge in [0.2, 0.25) is 5.91 Å². The van der Waals surface area contributed by atoms with Gasteiger partial charge < -0.3 is 5.32 Å². The summed E-state index contributed by atoms with van der Waals surface area (Å²) >= 11 is 1.76. The predicted molar refractivity (Wildman–Crippen MR) is 85.6 cm³/mol. The third-order valence-corrected chi connectivity index (χ3v) is 5.11. The summed E-state index contributed by atoms with van der Waals surface area (Å²) < 4.78 is 1.57. The Hall–Kier alpha value is -1.73. The second kappa shape index (κ2) is 7.02. The zero-order valence-electron chi connectivity index (χ0n) is 12.7. The van der Waals surface area contributed by atoms with Crippen LogP contribution in [0.1, 0.15) is 36.7 Å². The monoisotopic (exact) mass is 319 g/mol. The zero-order chi connectivity index (χ0) is 15.4. The van der Waals surface area contributed by atoms with Crippen LogP contribution in [0.3, 0.4) is 0 Å². The number of nitrogens with zero attached hydrogens (tertiary/aromatic N) is 4. The van der Waals surface area contributed by atoms with Gasteiger partial charge in [0.1, 0.15) is 18.7 Å². The van der Waals surface area contributed by atoms with Crippen LogP contribution in [0, 0.1) is 0 Å². The molecule has 0 saturated carbocycles. The Bertz CT molecular complexity index is 577. The molecule has 2 aromatic heterocycles. The molecule has 1 amide bonds. The van der Waals surface area contributed by atoms with Gasteiger partial charge in [0, 0.05) is 11.4 Å². The predicted octanol–water partition coefficient (Wildman–Crippen LogP) is 1.85. The van der Waals surface area contributed by atoms with Crippen molar-refractivity contribution in [1.82, 2.24) is 25.0 Å². The van der Waals surface area contributed by atoms with E-state index >= 15 is 0 Å². The van der Waals surface area contributed by atoms with Crippen molar-refractivity contribution in [1.29, 1.82) is 0 Å². The van der Waals surface area contributed by atoms with Crippen LogP contribution in [0.2, 0.25) is 0 Å². The lowest BCUT2D eigenvalue weighted by molar-refractivity contribution is -0.124. The molecule has 0 bridgehead atoms. The molecule has 1 aliphatic rings. The fraction of sp³-hybridized carbons (Fsp3) is 0.533. The Morgan fingerprint density at radius 3 is 2.91 bits per heavy atom. The number of nitrogens with one attached hydrogen (secondary N) is 1. The summed E-state index contributed by atoms with van der Waals surface area (Å²) in [5.41, 5.74) is 0. The molecule has 3 heterocycles. The van der Waals surface area contributed by atoms with Gasteiger partial charge >= 0.3 is 0 Å². The van der Waals surface area contributed by atoms with Crippen molar-refractivity contribution in [2.24, 2.45) is 0 Å². The second-order valence-corrected chi connectivity index (χ2v) is 6.55. The minimum absolute atomic E-state index is 0.0220. The summed E-state index contributed by atoms with van der Waals surface area (Å²) in [6.07, 6.45) is 5.50. The van der Waals surface area contributed by atoms with Gasteiger partial charge in [-0.25, -0.2) is 9.67 Å². The summed E-state index contributed by atoms with van der Waals surface area (Å²) in [6.45, 7) is 4.69. The fourth-order valence-electron chi connectivity index (χ4n) is 2.83. The molecular weight excluding hydrogens is 298 g/mol. The van der Waals surface area contributed by atoms with Gasteiger partial charge in [-0.1, -0.05) is 6.07 Å². The first-order valence-corrected chi connectivity index (χ1v) is 8.53. The molecule has 1 N–H and O–H groups in total. The van der Waals surface area contributed by atoms with Crippen LogP contribution in [0.5, 0.6) is 0 Å². The molecule has 3 rings (SSSR count). The van der Waals surface area contributed by atoms with E-state index in [9.17, 15) is 4.79 Å². The van der Waals surface area contributed by atoms with E-state index in [0.29, 0.717) is 6.54 Å². The van der Waals surface area contributed by atoms with Crippen molar-refractivity contribution in [2.45, 2.75) is 31.8 Å². The van der Waals surface area contributed by atoms with Gasteiger partial charge in [-0.2, -0.15) is 5.10 Å². The molecular formula is C15H21N5OS. The summed E-state index contributed by atoms with van der Waals surface area (Å²) in [4.78, 5) is 20.0. The number of likely N-dealkylation sites (tertiary alicyclic amines) is 1. The van der Waals surface area contributed by atoms with Crippen molar-refractivity contribution < 1.29 is 4.79 Å². The SMILES string of the molecule is C[C@@H](C(=O)NC[C@H](c1cccs1)N1CCCC1)n1cncn1. The van der Waals surface area contributed by atoms with E-state index in [1.807, 2.05) is 6.92 Å². The van der Waals surface area contributed by atoms with Crippen molar-refractivity contribution in [3.63, 3.8) is 0 Å². The van der Waals surface area contributed by atoms with E-state index in [1.54, 1.807) is 22.3 Å². The molecule has 1 saturated heterocycles. The first-order chi connectivity index (χ1) is 10.8. The molecule has 2 aromatic rings. The number of thiophene rings is 1. The molecule has 1 fully saturated rings. The lowest BCUT2D eigenvalue weighted by Gasteiger charge is -2.27. The molecule has 1 aliphatic heterocycles. The summed E-state index contributed by atoms with van der Waals surface area (Å²) in [5.74, 6) is -0.0220. The van der Waals surface area contributed by atoms with Crippen LogP contribution < -0.4 is 5.32 Å². The standard InChI is InChI=1S/C15H21N5OS/c1-12(20-11-16-10-18-20)15(21)17-9-13(14-5-4-8-22-14)19-6-2-3-7-19/h4-5,8,10-13H,2-3,6-7,9H2,1H3,(H,17,21)/t12-,13+/m0/s1. The highest BCUT2D eigenvalue weighted by atomic mass is 32.1.